The van der Waals surface area contributed by atoms with Gasteiger partial charge in [0.25, 0.3) is 11.6 Å². The topological polar surface area (TPSA) is 125 Å². The lowest BCUT2D eigenvalue weighted by Gasteiger charge is -2.08. The molecule has 0 saturated heterocycles. The summed E-state index contributed by atoms with van der Waals surface area (Å²) in [6, 6.07) is 4.13. The maximum absolute atomic E-state index is 12.8. The highest BCUT2D eigenvalue weighted by molar-refractivity contribution is 6.31. The van der Waals surface area contributed by atoms with Crippen molar-refractivity contribution in [2.45, 2.75) is 27.3 Å². The lowest BCUT2D eigenvalue weighted by atomic mass is 10.1. The van der Waals surface area contributed by atoms with Crippen LogP contribution in [0.5, 0.6) is 5.75 Å². The van der Waals surface area contributed by atoms with Crippen molar-refractivity contribution in [3.63, 3.8) is 0 Å². The van der Waals surface area contributed by atoms with Crippen molar-refractivity contribution in [2.24, 2.45) is 0 Å². The molecule has 1 aromatic carbocycles. The van der Waals surface area contributed by atoms with Gasteiger partial charge in [-0.1, -0.05) is 16.8 Å². The number of halogens is 1. The molecule has 0 aliphatic rings. The third-order valence-electron chi connectivity index (χ3n) is 4.45. The molecule has 1 amide bonds. The van der Waals surface area contributed by atoms with Crippen molar-refractivity contribution >= 4 is 28.9 Å². The van der Waals surface area contributed by atoms with Crippen LogP contribution in [-0.4, -0.2) is 32.9 Å². The first-order chi connectivity index (χ1) is 13.7. The molecule has 0 aliphatic carbocycles. The van der Waals surface area contributed by atoms with Crippen LogP contribution in [0.4, 0.5) is 11.4 Å². The molecule has 0 unspecified atom stereocenters. The molecule has 2 heterocycles. The number of carbonyl (C=O) groups excluding carboxylic acids is 1. The second-order valence-electron chi connectivity index (χ2n) is 6.30. The summed E-state index contributed by atoms with van der Waals surface area (Å²) in [4.78, 5) is 23.5. The molecule has 0 aliphatic heterocycles. The Kier molecular flexibility index (Phi) is 5.55. The number of nitro groups is 1. The number of ether oxygens (including phenoxy) is 1. The zero-order valence-corrected chi connectivity index (χ0v) is 16.9. The normalized spacial score (nSPS) is 10.8. The number of aromatic nitrogens is 3. The highest BCUT2D eigenvalue weighted by Crippen LogP contribution is 2.30. The number of amides is 1. The predicted octanol–water partition coefficient (Wildman–Crippen LogP) is 3.67. The first-order valence-electron chi connectivity index (χ1n) is 8.51. The Morgan fingerprint density at radius 3 is 2.69 bits per heavy atom. The minimum atomic E-state index is -0.641. The van der Waals surface area contributed by atoms with E-state index in [-0.39, 0.29) is 23.6 Å². The molecule has 11 heteroatoms. The van der Waals surface area contributed by atoms with Crippen molar-refractivity contribution in [3.05, 3.63) is 61.7 Å². The molecule has 29 heavy (non-hydrogen) atoms. The molecular weight excluding hydrogens is 402 g/mol. The van der Waals surface area contributed by atoms with E-state index >= 15 is 0 Å². The zero-order chi connectivity index (χ0) is 21.3. The molecule has 0 saturated carbocycles. The van der Waals surface area contributed by atoms with Gasteiger partial charge in [-0.2, -0.15) is 5.10 Å². The molecule has 0 radical (unpaired) electrons. The fourth-order valence-electron chi connectivity index (χ4n) is 2.81. The number of nitro benzene ring substituents is 1. The highest BCUT2D eigenvalue weighted by Gasteiger charge is 2.24. The van der Waals surface area contributed by atoms with Gasteiger partial charge in [0.1, 0.15) is 17.2 Å². The van der Waals surface area contributed by atoms with Gasteiger partial charge < -0.3 is 14.6 Å². The van der Waals surface area contributed by atoms with Gasteiger partial charge in [0, 0.05) is 5.56 Å². The van der Waals surface area contributed by atoms with Gasteiger partial charge in [-0.25, -0.2) is 0 Å². The van der Waals surface area contributed by atoms with Crippen LogP contribution >= 0.6 is 11.6 Å². The fraction of sp³-hybridized carbons (Fsp3) is 0.278. The number of rotatable bonds is 6. The summed E-state index contributed by atoms with van der Waals surface area (Å²) in [6.07, 6.45) is 0. The van der Waals surface area contributed by atoms with Crippen LogP contribution in [0.1, 0.15) is 33.2 Å². The number of anilines is 1. The summed E-state index contributed by atoms with van der Waals surface area (Å²) >= 11 is 6.18. The van der Waals surface area contributed by atoms with Crippen LogP contribution in [0.2, 0.25) is 5.02 Å². The van der Waals surface area contributed by atoms with Gasteiger partial charge in [-0.15, -0.1) is 0 Å². The van der Waals surface area contributed by atoms with E-state index in [0.717, 1.165) is 5.69 Å². The molecule has 3 aromatic rings. The van der Waals surface area contributed by atoms with E-state index in [2.05, 4.69) is 15.6 Å². The van der Waals surface area contributed by atoms with E-state index < -0.39 is 10.8 Å². The third-order valence-corrected chi connectivity index (χ3v) is 5.00. The molecule has 0 atom stereocenters. The minimum Gasteiger partial charge on any atom is -0.496 e. The molecule has 3 rings (SSSR count). The molecule has 2 aromatic heterocycles. The van der Waals surface area contributed by atoms with Crippen LogP contribution in [0.3, 0.4) is 0 Å². The van der Waals surface area contributed by atoms with Crippen LogP contribution in [0.15, 0.2) is 22.7 Å². The summed E-state index contributed by atoms with van der Waals surface area (Å²) in [5.74, 6) is 0.0925. The van der Waals surface area contributed by atoms with Gasteiger partial charge in [-0.05, 0) is 32.9 Å². The summed E-state index contributed by atoms with van der Waals surface area (Å²) in [6.45, 7) is 5.47. The smallest absolute Gasteiger partial charge is 0.296 e. The van der Waals surface area contributed by atoms with E-state index in [9.17, 15) is 14.9 Å². The number of hydrogen-bond donors (Lipinski definition) is 1. The van der Waals surface area contributed by atoms with Crippen LogP contribution in [0, 0.1) is 30.9 Å². The number of nitrogens with one attached hydrogen (secondary N) is 1. The van der Waals surface area contributed by atoms with E-state index in [1.54, 1.807) is 18.5 Å². The Hall–Kier alpha value is -3.40. The summed E-state index contributed by atoms with van der Waals surface area (Å²) in [7, 11) is 1.40. The number of hydrogen-bond acceptors (Lipinski definition) is 7. The first-order valence-corrected chi connectivity index (χ1v) is 8.89. The van der Waals surface area contributed by atoms with Crippen LogP contribution < -0.4 is 10.1 Å². The Labute approximate surface area is 170 Å². The zero-order valence-electron chi connectivity index (χ0n) is 16.1. The SMILES string of the molecule is COc1ccc(NC(=O)c2noc(C)c2Cn2nc(C)c(Cl)c2C)c([N+](=O)[O-])c1. The van der Waals surface area contributed by atoms with Gasteiger partial charge in [0.2, 0.25) is 0 Å². The second kappa shape index (κ2) is 7.92. The van der Waals surface area contributed by atoms with Gasteiger partial charge in [0.05, 0.1) is 41.1 Å². The predicted molar refractivity (Wildman–Crippen MR) is 105 cm³/mol. The van der Waals surface area contributed by atoms with Gasteiger partial charge >= 0.3 is 0 Å². The van der Waals surface area contributed by atoms with Crippen LogP contribution in [-0.2, 0) is 6.54 Å². The first kappa shape index (κ1) is 20.3. The van der Waals surface area contributed by atoms with Crippen molar-refractivity contribution in [1.82, 2.24) is 14.9 Å². The largest absolute Gasteiger partial charge is 0.496 e. The van der Waals surface area contributed by atoms with E-state index in [1.807, 2.05) is 6.92 Å². The standard InChI is InChI=1S/C18H18ClN5O5/c1-9-16(19)10(2)23(21-9)8-13-11(3)29-22-17(13)18(25)20-14-6-5-12(28-4)7-15(14)24(26)27/h5-7H,8H2,1-4H3,(H,20,25). The fourth-order valence-corrected chi connectivity index (χ4v) is 2.95. The molecule has 152 valence electrons. The molecule has 0 bridgehead atoms. The lowest BCUT2D eigenvalue weighted by Crippen LogP contribution is -2.17. The average Bonchev–Trinajstić information content (AvgIpc) is 3.17. The monoisotopic (exact) mass is 419 g/mol. The Bertz CT molecular complexity index is 1100. The molecule has 0 spiro atoms. The minimum absolute atomic E-state index is 0.0105. The highest BCUT2D eigenvalue weighted by atomic mass is 35.5. The summed E-state index contributed by atoms with van der Waals surface area (Å²) < 4.78 is 11.8. The third kappa shape index (κ3) is 3.92. The molecule has 0 fully saturated rings. The van der Waals surface area contributed by atoms with E-state index in [1.165, 1.54) is 25.3 Å². The number of benzene rings is 1. The maximum Gasteiger partial charge on any atom is 0.296 e. The molecule has 1 N–H and O–H groups in total. The number of methoxy groups -OCH3 is 1. The number of aryl methyl sites for hydroxylation is 2. The van der Waals surface area contributed by atoms with Crippen molar-refractivity contribution in [1.29, 1.82) is 0 Å². The summed E-state index contributed by atoms with van der Waals surface area (Å²) in [5.41, 5.74) is 1.63. The van der Waals surface area contributed by atoms with Crippen molar-refractivity contribution in [3.8, 4) is 5.75 Å². The number of carbonyl (C=O) groups is 1. The van der Waals surface area contributed by atoms with E-state index in [0.29, 0.717) is 27.8 Å². The van der Waals surface area contributed by atoms with Crippen molar-refractivity contribution in [2.75, 3.05) is 12.4 Å². The average molecular weight is 420 g/mol. The van der Waals surface area contributed by atoms with Crippen LogP contribution in [0.25, 0.3) is 0 Å². The quantitative estimate of drug-likeness (QED) is 0.477. The molecule has 10 nitrogen and oxygen atoms in total. The summed E-state index contributed by atoms with van der Waals surface area (Å²) in [5, 5.41) is 22.6. The Morgan fingerprint density at radius 1 is 1.38 bits per heavy atom. The van der Waals surface area contributed by atoms with Gasteiger partial charge in [0.15, 0.2) is 5.69 Å². The van der Waals surface area contributed by atoms with Crippen molar-refractivity contribution < 1.29 is 19.0 Å². The Balaban J connectivity index is 1.92. The second-order valence-corrected chi connectivity index (χ2v) is 6.68. The molecular formula is C18H18ClN5O5. The van der Waals surface area contributed by atoms with E-state index in [4.69, 9.17) is 20.9 Å². The number of nitrogens with zero attached hydrogens (tertiary/aromatic N) is 4. The Morgan fingerprint density at radius 2 is 2.10 bits per heavy atom. The maximum atomic E-state index is 12.8. The lowest BCUT2D eigenvalue weighted by molar-refractivity contribution is -0.384. The van der Waals surface area contributed by atoms with Gasteiger partial charge in [-0.3, -0.25) is 19.6 Å².